The van der Waals surface area contributed by atoms with E-state index in [1.165, 1.54) is 13.3 Å². The molecule has 0 bridgehead atoms. The number of ether oxygens (including phenoxy) is 2. The summed E-state index contributed by atoms with van der Waals surface area (Å²) >= 11 is 0. The van der Waals surface area contributed by atoms with Crippen molar-refractivity contribution in [1.29, 1.82) is 0 Å². The van der Waals surface area contributed by atoms with Gasteiger partial charge in [0.05, 0.1) is 23.9 Å². The van der Waals surface area contributed by atoms with Gasteiger partial charge in [-0.05, 0) is 45.7 Å². The minimum atomic E-state index is -0.538. The van der Waals surface area contributed by atoms with Gasteiger partial charge in [0.25, 0.3) is 0 Å². The fraction of sp³-hybridized carbons (Fsp3) is 0.562. The second-order valence-electron chi connectivity index (χ2n) is 6.49. The Hall–Kier alpha value is -2.11. The van der Waals surface area contributed by atoms with Crippen molar-refractivity contribution in [3.05, 3.63) is 29.6 Å². The lowest BCUT2D eigenvalue weighted by Crippen LogP contribution is -2.41. The topological polar surface area (TPSA) is 68.7 Å². The molecule has 1 amide bonds. The molecule has 1 aliphatic rings. The Morgan fingerprint density at radius 2 is 1.91 bits per heavy atom. The van der Waals surface area contributed by atoms with Crippen LogP contribution in [0.15, 0.2) is 18.3 Å². The van der Waals surface area contributed by atoms with Crippen LogP contribution in [0.5, 0.6) is 0 Å². The Morgan fingerprint density at radius 1 is 1.27 bits per heavy atom. The van der Waals surface area contributed by atoms with Gasteiger partial charge in [-0.25, -0.2) is 9.59 Å². The summed E-state index contributed by atoms with van der Waals surface area (Å²) in [5.41, 5.74) is 0.177. The molecule has 0 aliphatic heterocycles. The lowest BCUT2D eigenvalue weighted by Gasteiger charge is -2.30. The number of carbonyl (C=O) groups is 2. The molecule has 0 aromatic carbocycles. The third kappa shape index (κ3) is 3.21. The number of amides is 1. The van der Waals surface area contributed by atoms with Gasteiger partial charge in [-0.2, -0.15) is 0 Å². The third-order valence-electron chi connectivity index (χ3n) is 3.69. The van der Waals surface area contributed by atoms with Crippen molar-refractivity contribution in [2.75, 3.05) is 14.2 Å². The molecule has 0 saturated heterocycles. The molecule has 1 saturated carbocycles. The minimum Gasteiger partial charge on any atom is -0.465 e. The summed E-state index contributed by atoms with van der Waals surface area (Å²) in [5, 5.41) is 0. The molecule has 2 rings (SSSR count). The van der Waals surface area contributed by atoms with E-state index in [1.54, 1.807) is 24.1 Å². The van der Waals surface area contributed by atoms with Crippen LogP contribution in [-0.2, 0) is 15.0 Å². The molecule has 1 aromatic heterocycles. The quantitative estimate of drug-likeness (QED) is 0.803. The van der Waals surface area contributed by atoms with E-state index >= 15 is 0 Å². The van der Waals surface area contributed by atoms with Crippen LogP contribution in [-0.4, -0.2) is 41.7 Å². The van der Waals surface area contributed by atoms with E-state index < -0.39 is 17.1 Å². The zero-order valence-corrected chi connectivity index (χ0v) is 13.7. The third-order valence-corrected chi connectivity index (χ3v) is 3.69. The largest absolute Gasteiger partial charge is 0.465 e. The van der Waals surface area contributed by atoms with Gasteiger partial charge in [0.15, 0.2) is 0 Å². The summed E-state index contributed by atoms with van der Waals surface area (Å²) in [6, 6.07) is 3.43. The fourth-order valence-electron chi connectivity index (χ4n) is 2.29. The lowest BCUT2D eigenvalue weighted by molar-refractivity contribution is 0.0185. The van der Waals surface area contributed by atoms with E-state index in [1.807, 2.05) is 20.8 Å². The van der Waals surface area contributed by atoms with Gasteiger partial charge < -0.3 is 9.47 Å². The van der Waals surface area contributed by atoms with Crippen LogP contribution in [0.3, 0.4) is 0 Å². The maximum absolute atomic E-state index is 12.2. The normalized spacial score (nSPS) is 15.9. The van der Waals surface area contributed by atoms with E-state index in [-0.39, 0.29) is 6.09 Å². The van der Waals surface area contributed by atoms with E-state index in [4.69, 9.17) is 4.74 Å². The number of methoxy groups -OCH3 is 1. The predicted octanol–water partition coefficient (Wildman–Crippen LogP) is 2.72. The first-order valence-corrected chi connectivity index (χ1v) is 7.21. The van der Waals surface area contributed by atoms with Crippen LogP contribution in [0.2, 0.25) is 0 Å². The van der Waals surface area contributed by atoms with Gasteiger partial charge in [-0.3, -0.25) is 9.88 Å². The van der Waals surface area contributed by atoms with Crippen LogP contribution in [0, 0.1) is 0 Å². The van der Waals surface area contributed by atoms with Crippen LogP contribution in [0.1, 0.15) is 49.7 Å². The number of hydrogen-bond donors (Lipinski definition) is 0. The van der Waals surface area contributed by atoms with Crippen molar-refractivity contribution in [3.63, 3.8) is 0 Å². The van der Waals surface area contributed by atoms with E-state index in [9.17, 15) is 9.59 Å². The zero-order valence-electron chi connectivity index (χ0n) is 13.7. The van der Waals surface area contributed by atoms with E-state index in [0.29, 0.717) is 5.56 Å². The van der Waals surface area contributed by atoms with Gasteiger partial charge in [0.2, 0.25) is 0 Å². The maximum Gasteiger partial charge on any atom is 0.410 e. The minimum absolute atomic E-state index is 0.371. The molecular weight excluding hydrogens is 284 g/mol. The first-order valence-electron chi connectivity index (χ1n) is 7.21. The van der Waals surface area contributed by atoms with Crippen molar-refractivity contribution in [3.8, 4) is 0 Å². The average molecular weight is 306 g/mol. The zero-order chi connectivity index (χ0) is 16.5. The number of rotatable bonds is 3. The highest BCUT2D eigenvalue weighted by Gasteiger charge is 2.52. The van der Waals surface area contributed by atoms with Crippen molar-refractivity contribution in [2.45, 2.75) is 44.8 Å². The standard InChI is InChI=1S/C16H22N2O4/c1-15(2,3)22-14(20)18(4)16(8-9-16)12-7-6-11(10-17-12)13(19)21-5/h6-7,10H,8-9H2,1-5H3. The molecule has 0 spiro atoms. The number of aromatic nitrogens is 1. The van der Waals surface area contributed by atoms with Crippen LogP contribution >= 0.6 is 0 Å². The molecule has 0 atom stereocenters. The van der Waals surface area contributed by atoms with Crippen LogP contribution in [0.4, 0.5) is 4.79 Å². The number of esters is 1. The fourth-order valence-corrected chi connectivity index (χ4v) is 2.29. The molecule has 0 radical (unpaired) electrons. The number of hydrogen-bond acceptors (Lipinski definition) is 5. The molecule has 1 aliphatic carbocycles. The highest BCUT2D eigenvalue weighted by Crippen LogP contribution is 2.49. The Morgan fingerprint density at radius 3 is 2.32 bits per heavy atom. The van der Waals surface area contributed by atoms with Crippen molar-refractivity contribution >= 4 is 12.1 Å². The number of pyridine rings is 1. The molecule has 22 heavy (non-hydrogen) atoms. The van der Waals surface area contributed by atoms with Gasteiger partial charge >= 0.3 is 12.1 Å². The van der Waals surface area contributed by atoms with Gasteiger partial charge in [0.1, 0.15) is 5.60 Å². The summed E-state index contributed by atoms with van der Waals surface area (Å²) in [4.78, 5) is 29.6. The van der Waals surface area contributed by atoms with Crippen molar-refractivity contribution in [1.82, 2.24) is 9.88 Å². The first kappa shape index (κ1) is 16.3. The van der Waals surface area contributed by atoms with Gasteiger partial charge in [0, 0.05) is 13.2 Å². The molecule has 6 heteroatoms. The summed E-state index contributed by atoms with van der Waals surface area (Å²) in [5.74, 6) is -0.426. The maximum atomic E-state index is 12.2. The highest BCUT2D eigenvalue weighted by atomic mass is 16.6. The van der Waals surface area contributed by atoms with Crippen molar-refractivity contribution in [2.24, 2.45) is 0 Å². The monoisotopic (exact) mass is 306 g/mol. The first-order chi connectivity index (χ1) is 10.2. The van der Waals surface area contributed by atoms with Gasteiger partial charge in [-0.15, -0.1) is 0 Å². The average Bonchev–Trinajstić information content (AvgIpc) is 3.25. The smallest absolute Gasteiger partial charge is 0.410 e. The molecule has 1 fully saturated rings. The van der Waals surface area contributed by atoms with Crippen LogP contribution in [0.25, 0.3) is 0 Å². The SMILES string of the molecule is COC(=O)c1ccc(C2(N(C)C(=O)OC(C)(C)C)CC2)nc1. The second-order valence-corrected chi connectivity index (χ2v) is 6.49. The molecule has 6 nitrogen and oxygen atoms in total. The van der Waals surface area contributed by atoms with E-state index in [0.717, 1.165) is 18.5 Å². The highest BCUT2D eigenvalue weighted by molar-refractivity contribution is 5.88. The summed E-state index contributed by atoms with van der Waals surface area (Å²) in [6.07, 6.45) is 2.76. The lowest BCUT2D eigenvalue weighted by atomic mass is 10.1. The predicted molar refractivity (Wildman–Crippen MR) is 80.5 cm³/mol. The van der Waals surface area contributed by atoms with Crippen LogP contribution < -0.4 is 0 Å². The Kier molecular flexibility index (Phi) is 4.13. The summed E-state index contributed by atoms with van der Waals surface area (Å²) in [7, 11) is 3.05. The molecule has 1 aromatic rings. The molecule has 120 valence electrons. The Balaban J connectivity index is 2.17. The molecule has 1 heterocycles. The number of carbonyl (C=O) groups excluding carboxylic acids is 2. The Labute approximate surface area is 130 Å². The second kappa shape index (κ2) is 5.59. The van der Waals surface area contributed by atoms with E-state index in [2.05, 4.69) is 9.72 Å². The van der Waals surface area contributed by atoms with Crippen molar-refractivity contribution < 1.29 is 19.1 Å². The molecular formula is C16H22N2O4. The summed E-state index contributed by atoms with van der Waals surface area (Å²) < 4.78 is 10.1. The summed E-state index contributed by atoms with van der Waals surface area (Å²) in [6.45, 7) is 5.51. The number of nitrogens with zero attached hydrogens (tertiary/aromatic N) is 2. The molecule has 0 N–H and O–H groups in total. The van der Waals surface area contributed by atoms with Gasteiger partial charge in [-0.1, -0.05) is 0 Å². The molecule has 0 unspecified atom stereocenters. The Bertz CT molecular complexity index is 571.